The number of nitrogens with one attached hydrogen (secondary N) is 1. The van der Waals surface area contributed by atoms with Crippen LogP contribution in [0.5, 0.6) is 5.75 Å². The zero-order valence-electron chi connectivity index (χ0n) is 12.4. The van der Waals surface area contributed by atoms with Crippen LogP contribution < -0.4 is 10.1 Å². The van der Waals surface area contributed by atoms with Crippen LogP contribution in [0.2, 0.25) is 0 Å². The molecule has 0 aliphatic rings. The lowest BCUT2D eigenvalue weighted by atomic mass is 10.1. The molecular weight excluding hydrogens is 300 g/mol. The summed E-state index contributed by atoms with van der Waals surface area (Å²) in [5.41, 5.74) is 0.723. The maximum absolute atomic E-state index is 11.5. The predicted molar refractivity (Wildman–Crippen MR) is 84.8 cm³/mol. The zero-order chi connectivity index (χ0) is 16.8. The third kappa shape index (κ3) is 4.19. The van der Waals surface area contributed by atoms with Crippen LogP contribution in [0.4, 0.5) is 11.4 Å². The van der Waals surface area contributed by atoms with E-state index < -0.39 is 16.9 Å². The Labute approximate surface area is 132 Å². The highest BCUT2D eigenvalue weighted by Gasteiger charge is 2.23. The second-order valence-electron chi connectivity index (χ2n) is 4.87. The molecule has 0 radical (unpaired) electrons. The second-order valence-corrected chi connectivity index (χ2v) is 4.87. The number of aliphatic carboxylic acids is 1. The van der Waals surface area contributed by atoms with Gasteiger partial charge in [0.1, 0.15) is 17.5 Å². The third-order valence-electron chi connectivity index (χ3n) is 3.31. The summed E-state index contributed by atoms with van der Waals surface area (Å²) in [6, 6.07) is 12.2. The van der Waals surface area contributed by atoms with Crippen LogP contribution in [-0.2, 0) is 11.2 Å². The van der Waals surface area contributed by atoms with Crippen molar-refractivity contribution in [1.82, 2.24) is 0 Å². The molecule has 23 heavy (non-hydrogen) atoms. The van der Waals surface area contributed by atoms with Gasteiger partial charge in [-0.05, 0) is 11.6 Å². The summed E-state index contributed by atoms with van der Waals surface area (Å²) in [6.07, 6.45) is 0.199. The zero-order valence-corrected chi connectivity index (χ0v) is 12.4. The van der Waals surface area contributed by atoms with Gasteiger partial charge in [-0.1, -0.05) is 30.3 Å². The number of carboxylic acid groups (broad SMARTS) is 1. The summed E-state index contributed by atoms with van der Waals surface area (Å²) < 4.78 is 5.04. The topological polar surface area (TPSA) is 102 Å². The molecule has 0 bridgehead atoms. The summed E-state index contributed by atoms with van der Waals surface area (Å²) >= 11 is 0. The van der Waals surface area contributed by atoms with E-state index in [0.717, 1.165) is 5.56 Å². The first-order valence-corrected chi connectivity index (χ1v) is 6.87. The van der Waals surface area contributed by atoms with Gasteiger partial charge in [0.25, 0.3) is 5.69 Å². The molecule has 7 heteroatoms. The lowest BCUT2D eigenvalue weighted by molar-refractivity contribution is -0.384. The third-order valence-corrected chi connectivity index (χ3v) is 3.31. The molecule has 0 aliphatic carbocycles. The summed E-state index contributed by atoms with van der Waals surface area (Å²) in [5.74, 6) is -0.687. The van der Waals surface area contributed by atoms with Crippen molar-refractivity contribution in [3.05, 3.63) is 64.2 Å². The fourth-order valence-electron chi connectivity index (χ4n) is 2.15. The van der Waals surface area contributed by atoms with Crippen LogP contribution in [-0.4, -0.2) is 29.2 Å². The first kappa shape index (κ1) is 16.3. The molecule has 2 N–H and O–H groups in total. The smallest absolute Gasteiger partial charge is 0.326 e. The Hall–Kier alpha value is -3.09. The average molecular weight is 316 g/mol. The highest BCUT2D eigenvalue weighted by Crippen LogP contribution is 2.29. The number of nitrogens with zero attached hydrogens (tertiary/aromatic N) is 1. The summed E-state index contributed by atoms with van der Waals surface area (Å²) in [6.45, 7) is 0. The van der Waals surface area contributed by atoms with Crippen molar-refractivity contribution in [2.24, 2.45) is 0 Å². The second kappa shape index (κ2) is 7.26. The SMILES string of the molecule is COc1ccc([N+](=O)[O-])c(N[C@@H](Cc2ccccc2)C(=O)O)c1. The summed E-state index contributed by atoms with van der Waals surface area (Å²) in [7, 11) is 1.43. The number of carbonyl (C=O) groups is 1. The molecule has 2 rings (SSSR count). The van der Waals surface area contributed by atoms with Crippen molar-refractivity contribution in [3.8, 4) is 5.75 Å². The minimum Gasteiger partial charge on any atom is -0.497 e. The van der Waals surface area contributed by atoms with Gasteiger partial charge in [0.2, 0.25) is 0 Å². The van der Waals surface area contributed by atoms with Gasteiger partial charge in [0.15, 0.2) is 0 Å². The molecule has 0 aliphatic heterocycles. The van der Waals surface area contributed by atoms with E-state index in [2.05, 4.69) is 5.32 Å². The summed E-state index contributed by atoms with van der Waals surface area (Å²) in [4.78, 5) is 22.0. The fraction of sp³-hybridized carbons (Fsp3) is 0.188. The van der Waals surface area contributed by atoms with E-state index in [0.29, 0.717) is 5.75 Å². The van der Waals surface area contributed by atoms with Gasteiger partial charge in [-0.25, -0.2) is 4.79 Å². The molecule has 0 fully saturated rings. The molecule has 0 heterocycles. The van der Waals surface area contributed by atoms with Gasteiger partial charge >= 0.3 is 5.97 Å². The number of hydrogen-bond donors (Lipinski definition) is 2. The monoisotopic (exact) mass is 316 g/mol. The van der Waals surface area contributed by atoms with Crippen molar-refractivity contribution < 1.29 is 19.6 Å². The number of nitro benzene ring substituents is 1. The molecule has 0 saturated carbocycles. The normalized spacial score (nSPS) is 11.5. The molecule has 0 spiro atoms. The van der Waals surface area contributed by atoms with E-state index in [9.17, 15) is 20.0 Å². The van der Waals surface area contributed by atoms with Gasteiger partial charge in [0.05, 0.1) is 12.0 Å². The van der Waals surface area contributed by atoms with Crippen LogP contribution in [0.15, 0.2) is 48.5 Å². The lowest BCUT2D eigenvalue weighted by Gasteiger charge is -2.16. The highest BCUT2D eigenvalue weighted by molar-refractivity contribution is 5.79. The van der Waals surface area contributed by atoms with E-state index in [1.165, 1.54) is 25.3 Å². The lowest BCUT2D eigenvalue weighted by Crippen LogP contribution is -2.31. The molecule has 0 amide bonds. The van der Waals surface area contributed by atoms with Crippen molar-refractivity contribution in [2.45, 2.75) is 12.5 Å². The van der Waals surface area contributed by atoms with Crippen molar-refractivity contribution in [3.63, 3.8) is 0 Å². The van der Waals surface area contributed by atoms with E-state index in [1.807, 2.05) is 18.2 Å². The molecule has 2 aromatic rings. The van der Waals surface area contributed by atoms with Crippen LogP contribution >= 0.6 is 0 Å². The Morgan fingerprint density at radius 2 is 2.00 bits per heavy atom. The molecule has 120 valence electrons. The molecule has 1 atom stereocenters. The average Bonchev–Trinajstić information content (AvgIpc) is 2.54. The Morgan fingerprint density at radius 3 is 2.57 bits per heavy atom. The Balaban J connectivity index is 2.29. The number of rotatable bonds is 7. The van der Waals surface area contributed by atoms with E-state index in [-0.39, 0.29) is 17.8 Å². The van der Waals surface area contributed by atoms with E-state index in [4.69, 9.17) is 4.74 Å². The molecular formula is C16H16N2O5. The fourth-order valence-corrected chi connectivity index (χ4v) is 2.15. The number of ether oxygens (including phenoxy) is 1. The molecule has 0 unspecified atom stereocenters. The van der Waals surface area contributed by atoms with Crippen LogP contribution in [0, 0.1) is 10.1 Å². The summed E-state index contributed by atoms with van der Waals surface area (Å²) in [5, 5.41) is 23.2. The van der Waals surface area contributed by atoms with Crippen molar-refractivity contribution in [2.75, 3.05) is 12.4 Å². The number of anilines is 1. The predicted octanol–water partition coefficient (Wildman–Crippen LogP) is 2.71. The van der Waals surface area contributed by atoms with Gasteiger partial charge in [-0.3, -0.25) is 10.1 Å². The van der Waals surface area contributed by atoms with Gasteiger partial charge < -0.3 is 15.2 Å². The van der Waals surface area contributed by atoms with Crippen LogP contribution in [0.25, 0.3) is 0 Å². The molecule has 0 aromatic heterocycles. The number of nitro groups is 1. The van der Waals surface area contributed by atoms with Crippen LogP contribution in [0.3, 0.4) is 0 Å². The van der Waals surface area contributed by atoms with E-state index in [1.54, 1.807) is 12.1 Å². The van der Waals surface area contributed by atoms with Crippen LogP contribution in [0.1, 0.15) is 5.56 Å². The first-order valence-electron chi connectivity index (χ1n) is 6.87. The standard InChI is InChI=1S/C16H16N2O5/c1-23-12-7-8-15(18(21)22)13(10-12)17-14(16(19)20)9-11-5-3-2-4-6-11/h2-8,10,14,17H,9H2,1H3,(H,19,20)/t14-/m0/s1. The Kier molecular flexibility index (Phi) is 5.14. The minimum atomic E-state index is -1.09. The van der Waals surface area contributed by atoms with Crippen molar-refractivity contribution >= 4 is 17.3 Å². The number of methoxy groups -OCH3 is 1. The maximum atomic E-state index is 11.5. The quantitative estimate of drug-likeness (QED) is 0.601. The molecule has 2 aromatic carbocycles. The molecule has 7 nitrogen and oxygen atoms in total. The minimum absolute atomic E-state index is 0.109. The van der Waals surface area contributed by atoms with Gasteiger partial charge in [-0.15, -0.1) is 0 Å². The maximum Gasteiger partial charge on any atom is 0.326 e. The number of benzene rings is 2. The van der Waals surface area contributed by atoms with Gasteiger partial charge in [-0.2, -0.15) is 0 Å². The highest BCUT2D eigenvalue weighted by atomic mass is 16.6. The van der Waals surface area contributed by atoms with Crippen molar-refractivity contribution in [1.29, 1.82) is 0 Å². The Bertz CT molecular complexity index is 703. The number of hydrogen-bond acceptors (Lipinski definition) is 5. The van der Waals surface area contributed by atoms with Gasteiger partial charge in [0, 0.05) is 18.6 Å². The molecule has 0 saturated heterocycles. The van der Waals surface area contributed by atoms with E-state index >= 15 is 0 Å². The number of carboxylic acids is 1. The Morgan fingerprint density at radius 1 is 1.30 bits per heavy atom. The largest absolute Gasteiger partial charge is 0.497 e. The first-order chi connectivity index (χ1) is 11.0.